The molecular formula is C46H79O12P. The van der Waals surface area contributed by atoms with Crippen LogP contribution >= 0.6 is 7.82 Å². The van der Waals surface area contributed by atoms with Gasteiger partial charge in [0.05, 0.1) is 32.0 Å². The Kier molecular flexibility index (Phi) is 38.9. The number of rotatable bonds is 40. The Hall–Kier alpha value is -2.67. The summed E-state index contributed by atoms with van der Waals surface area (Å²) >= 11 is 0. The molecule has 0 fully saturated rings. The summed E-state index contributed by atoms with van der Waals surface area (Å²) in [6, 6.07) is 0. The molecule has 0 aliphatic carbocycles. The van der Waals surface area contributed by atoms with Crippen molar-refractivity contribution in [3.8, 4) is 0 Å². The lowest BCUT2D eigenvalue weighted by molar-refractivity contribution is -0.161. The van der Waals surface area contributed by atoms with Crippen molar-refractivity contribution in [2.24, 2.45) is 0 Å². The molecule has 0 amide bonds. The fraction of sp³-hybridized carbons (Fsp3) is 0.696. The summed E-state index contributed by atoms with van der Waals surface area (Å²) in [6.45, 7) is 1.67. The first kappa shape index (κ1) is 56.3. The molecule has 0 radical (unpaired) electrons. The van der Waals surface area contributed by atoms with Crippen molar-refractivity contribution in [1.82, 2.24) is 0 Å². The molecule has 0 spiro atoms. The molecule has 0 bridgehead atoms. The van der Waals surface area contributed by atoms with E-state index in [1.807, 2.05) is 60.8 Å². The number of allylic oxidation sites excluding steroid dienone is 9. The van der Waals surface area contributed by atoms with Gasteiger partial charge in [-0.25, -0.2) is 4.57 Å². The molecule has 5 atom stereocenters. The molecular weight excluding hydrogens is 775 g/mol. The number of unbranched alkanes of at least 4 members (excludes halogenated alkanes) is 14. The molecule has 5 unspecified atom stereocenters. The number of hydrogen-bond donors (Lipinski definition) is 5. The molecule has 5 N–H and O–H groups in total. The zero-order valence-corrected chi connectivity index (χ0v) is 37.1. The van der Waals surface area contributed by atoms with Crippen molar-refractivity contribution in [2.45, 2.75) is 180 Å². The molecule has 0 aliphatic rings. The Labute approximate surface area is 355 Å². The van der Waals surface area contributed by atoms with Crippen LogP contribution in [0.5, 0.6) is 0 Å². The molecule has 0 heterocycles. The van der Waals surface area contributed by atoms with Gasteiger partial charge in [0.1, 0.15) is 12.7 Å². The number of esters is 2. The maximum Gasteiger partial charge on any atom is 0.472 e. The van der Waals surface area contributed by atoms with E-state index in [0.717, 1.165) is 25.7 Å². The third kappa shape index (κ3) is 41.8. The first-order chi connectivity index (χ1) is 28.5. The lowest BCUT2D eigenvalue weighted by Crippen LogP contribution is -2.29. The van der Waals surface area contributed by atoms with Crippen LogP contribution in [0.15, 0.2) is 72.9 Å². The van der Waals surface area contributed by atoms with Gasteiger partial charge in [-0.05, 0) is 45.4 Å². The van der Waals surface area contributed by atoms with E-state index in [2.05, 4.69) is 11.4 Å². The Balaban J connectivity index is 4.48. The van der Waals surface area contributed by atoms with Crippen molar-refractivity contribution in [2.75, 3.05) is 26.4 Å². The molecule has 340 valence electrons. The molecule has 0 rings (SSSR count). The quantitative estimate of drug-likeness (QED) is 0.0129. The van der Waals surface area contributed by atoms with E-state index in [9.17, 15) is 34.4 Å². The minimum Gasteiger partial charge on any atom is -0.462 e. The molecule has 0 saturated carbocycles. The first-order valence-electron chi connectivity index (χ1n) is 22.1. The molecule has 0 saturated heterocycles. The lowest BCUT2D eigenvalue weighted by atomic mass is 10.0. The summed E-state index contributed by atoms with van der Waals surface area (Å²) in [5.41, 5.74) is 0. The van der Waals surface area contributed by atoms with Crippen molar-refractivity contribution < 1.29 is 58.0 Å². The number of ether oxygens (including phenoxy) is 2. The predicted octanol–water partition coefficient (Wildman–Crippen LogP) is 9.61. The van der Waals surface area contributed by atoms with E-state index in [4.69, 9.17) is 19.1 Å². The summed E-state index contributed by atoms with van der Waals surface area (Å²) in [4.78, 5) is 35.0. The second kappa shape index (κ2) is 40.7. The highest BCUT2D eigenvalue weighted by molar-refractivity contribution is 7.47. The highest BCUT2D eigenvalue weighted by Crippen LogP contribution is 2.43. The molecule has 0 aromatic rings. The van der Waals surface area contributed by atoms with Crippen LogP contribution in [0.1, 0.15) is 155 Å². The minimum absolute atomic E-state index is 0.0243. The lowest BCUT2D eigenvalue weighted by Gasteiger charge is -2.20. The molecule has 0 aliphatic heterocycles. The summed E-state index contributed by atoms with van der Waals surface area (Å²) in [5, 5.41) is 37.5. The summed E-state index contributed by atoms with van der Waals surface area (Å²) in [7, 11) is -4.66. The number of phosphoric acid groups is 1. The van der Waals surface area contributed by atoms with Crippen LogP contribution in [-0.4, -0.2) is 88.1 Å². The molecule has 59 heavy (non-hydrogen) atoms. The largest absolute Gasteiger partial charge is 0.472 e. The van der Waals surface area contributed by atoms with Crippen molar-refractivity contribution in [3.05, 3.63) is 72.9 Å². The van der Waals surface area contributed by atoms with Gasteiger partial charge in [0.25, 0.3) is 0 Å². The van der Waals surface area contributed by atoms with E-state index in [0.29, 0.717) is 32.1 Å². The Morgan fingerprint density at radius 2 is 1.15 bits per heavy atom. The van der Waals surface area contributed by atoms with Gasteiger partial charge in [-0.2, -0.15) is 0 Å². The molecule has 13 heteroatoms. The second-order valence-electron chi connectivity index (χ2n) is 14.8. The van der Waals surface area contributed by atoms with Crippen LogP contribution in [0, 0.1) is 0 Å². The van der Waals surface area contributed by atoms with Crippen molar-refractivity contribution in [3.63, 3.8) is 0 Å². The highest BCUT2D eigenvalue weighted by Gasteiger charge is 2.27. The normalized spacial score (nSPS) is 15.6. The number of phosphoric ester groups is 1. The number of aliphatic hydroxyl groups is 4. The van der Waals surface area contributed by atoms with Gasteiger partial charge < -0.3 is 34.8 Å². The standard InChI is InChI=1S/C46H79O12P/c1-3-4-5-6-7-8-9-10-11-12-13-17-20-23-30-35-45(51)55-39-44(40-57-59(53,54)56-38-43(50)37-47)58-46(52)36-31-24-21-18-15-14-16-19-22-28-33-42(49)34-29-26-25-27-32-41(2)48/h14-15,19,21-22,24,26-29,32-33,41-44,47-50H,3-13,16-18,20,23,25,30-31,34-40H2,1-2H3,(H,53,54)/b15-14+,22-19+,24-21+,29-26+,32-27-,33-28-. The predicted molar refractivity (Wildman–Crippen MR) is 235 cm³/mol. The summed E-state index contributed by atoms with van der Waals surface area (Å²) in [6.07, 6.45) is 40.5. The number of carbonyl (C=O) groups excluding carboxylic acids is 2. The van der Waals surface area contributed by atoms with Gasteiger partial charge in [0.2, 0.25) is 0 Å². The molecule has 0 aromatic heterocycles. The van der Waals surface area contributed by atoms with E-state index in [-0.39, 0.29) is 19.4 Å². The Morgan fingerprint density at radius 1 is 0.610 bits per heavy atom. The van der Waals surface area contributed by atoms with Crippen molar-refractivity contribution in [1.29, 1.82) is 0 Å². The Bertz CT molecular complexity index is 1240. The van der Waals surface area contributed by atoms with Crippen LogP contribution in [0.25, 0.3) is 0 Å². The van der Waals surface area contributed by atoms with Crippen LogP contribution in [-0.2, 0) is 32.7 Å². The minimum atomic E-state index is -4.66. The zero-order chi connectivity index (χ0) is 43.7. The van der Waals surface area contributed by atoms with Gasteiger partial charge in [-0.15, -0.1) is 0 Å². The fourth-order valence-corrected chi connectivity index (χ4v) is 6.38. The summed E-state index contributed by atoms with van der Waals surface area (Å²) < 4.78 is 32.6. The SMILES string of the molecule is CCCCCCCCCCCCCCCCCC(=O)OCC(COP(=O)(O)OCC(O)CO)OC(=O)CC/C=C/C/C=C/C/C=C/C=C\C(O)C/C=C/C/C=C\C(C)O. The maximum atomic E-state index is 12.6. The van der Waals surface area contributed by atoms with Gasteiger partial charge in [-0.3, -0.25) is 18.6 Å². The van der Waals surface area contributed by atoms with E-state index in [1.54, 1.807) is 19.1 Å². The van der Waals surface area contributed by atoms with Gasteiger partial charge in [0, 0.05) is 12.8 Å². The van der Waals surface area contributed by atoms with Crippen LogP contribution in [0.4, 0.5) is 0 Å². The fourth-order valence-electron chi connectivity index (χ4n) is 5.59. The van der Waals surface area contributed by atoms with Gasteiger partial charge in [-0.1, -0.05) is 170 Å². The molecule has 12 nitrogen and oxygen atoms in total. The monoisotopic (exact) mass is 855 g/mol. The van der Waals surface area contributed by atoms with Crippen LogP contribution in [0.3, 0.4) is 0 Å². The topological polar surface area (TPSA) is 189 Å². The number of hydrogen-bond acceptors (Lipinski definition) is 11. The van der Waals surface area contributed by atoms with E-state index in [1.165, 1.54) is 70.6 Å². The van der Waals surface area contributed by atoms with E-state index >= 15 is 0 Å². The summed E-state index contributed by atoms with van der Waals surface area (Å²) in [5.74, 6) is -1.07. The van der Waals surface area contributed by atoms with Gasteiger partial charge in [0.15, 0.2) is 6.10 Å². The van der Waals surface area contributed by atoms with E-state index < -0.39 is 64.0 Å². The van der Waals surface area contributed by atoms with Crippen LogP contribution in [0.2, 0.25) is 0 Å². The number of carbonyl (C=O) groups is 2. The number of aliphatic hydroxyl groups excluding tert-OH is 4. The Morgan fingerprint density at radius 3 is 1.76 bits per heavy atom. The first-order valence-corrected chi connectivity index (χ1v) is 23.6. The zero-order valence-electron chi connectivity index (χ0n) is 36.2. The third-order valence-electron chi connectivity index (χ3n) is 8.98. The van der Waals surface area contributed by atoms with Crippen LogP contribution < -0.4 is 0 Å². The van der Waals surface area contributed by atoms with Gasteiger partial charge >= 0.3 is 19.8 Å². The second-order valence-corrected chi connectivity index (χ2v) is 16.3. The maximum absolute atomic E-state index is 12.6. The van der Waals surface area contributed by atoms with Crippen molar-refractivity contribution >= 4 is 19.8 Å². The molecule has 0 aromatic carbocycles. The third-order valence-corrected chi connectivity index (χ3v) is 9.93. The average molecular weight is 855 g/mol. The average Bonchev–Trinajstić information content (AvgIpc) is 3.21. The highest BCUT2D eigenvalue weighted by atomic mass is 31.2. The smallest absolute Gasteiger partial charge is 0.462 e.